The maximum absolute atomic E-state index is 9.65. The first-order valence-electron chi connectivity index (χ1n) is 7.71. The SMILES string of the molecule is O/N=C(\c1ccc(Cl)cc1)c1oc2ccccc2c1Cn1ccnc1. The molecule has 0 aliphatic rings. The number of rotatable bonds is 4. The summed E-state index contributed by atoms with van der Waals surface area (Å²) < 4.78 is 7.97. The van der Waals surface area contributed by atoms with Crippen molar-refractivity contribution in [3.05, 3.63) is 89.2 Å². The van der Waals surface area contributed by atoms with Gasteiger partial charge >= 0.3 is 0 Å². The van der Waals surface area contributed by atoms with E-state index in [0.29, 0.717) is 23.0 Å². The summed E-state index contributed by atoms with van der Waals surface area (Å²) in [5.74, 6) is 0.528. The van der Waals surface area contributed by atoms with Crippen LogP contribution in [0, 0.1) is 0 Å². The quantitative estimate of drug-likeness (QED) is 0.333. The lowest BCUT2D eigenvalue weighted by atomic mass is 10.0. The van der Waals surface area contributed by atoms with Crippen molar-refractivity contribution in [2.45, 2.75) is 6.54 Å². The monoisotopic (exact) mass is 351 g/mol. The molecule has 25 heavy (non-hydrogen) atoms. The fourth-order valence-corrected chi connectivity index (χ4v) is 2.98. The zero-order valence-electron chi connectivity index (χ0n) is 13.1. The molecule has 0 unspecified atom stereocenters. The van der Waals surface area contributed by atoms with Crippen LogP contribution >= 0.6 is 11.6 Å². The Morgan fingerprint density at radius 1 is 1.16 bits per heavy atom. The summed E-state index contributed by atoms with van der Waals surface area (Å²) in [6, 6.07) is 14.8. The lowest BCUT2D eigenvalue weighted by Crippen LogP contribution is -2.07. The Hall–Kier alpha value is -3.05. The maximum atomic E-state index is 9.65. The van der Waals surface area contributed by atoms with Crippen LogP contribution in [-0.2, 0) is 6.54 Å². The molecule has 0 saturated carbocycles. The molecule has 0 aliphatic heterocycles. The van der Waals surface area contributed by atoms with E-state index >= 15 is 0 Å². The highest BCUT2D eigenvalue weighted by Gasteiger charge is 2.21. The Kier molecular flexibility index (Phi) is 3.99. The number of hydrogen-bond donors (Lipinski definition) is 1. The molecule has 124 valence electrons. The van der Waals surface area contributed by atoms with Crippen LogP contribution in [0.2, 0.25) is 5.02 Å². The number of para-hydroxylation sites is 1. The van der Waals surface area contributed by atoms with Crippen molar-refractivity contribution in [1.29, 1.82) is 0 Å². The molecule has 0 spiro atoms. The molecule has 1 N–H and O–H groups in total. The van der Waals surface area contributed by atoms with Gasteiger partial charge in [-0.1, -0.05) is 47.1 Å². The normalized spacial score (nSPS) is 12.0. The maximum Gasteiger partial charge on any atom is 0.162 e. The molecule has 4 aromatic rings. The highest BCUT2D eigenvalue weighted by atomic mass is 35.5. The smallest absolute Gasteiger partial charge is 0.162 e. The lowest BCUT2D eigenvalue weighted by Gasteiger charge is -2.07. The van der Waals surface area contributed by atoms with Gasteiger partial charge in [-0.3, -0.25) is 0 Å². The van der Waals surface area contributed by atoms with Gasteiger partial charge in [-0.2, -0.15) is 0 Å². The van der Waals surface area contributed by atoms with Crippen LogP contribution in [0.25, 0.3) is 11.0 Å². The molecule has 0 bridgehead atoms. The number of nitrogens with zero attached hydrogens (tertiary/aromatic N) is 3. The van der Waals surface area contributed by atoms with E-state index in [0.717, 1.165) is 22.1 Å². The van der Waals surface area contributed by atoms with Gasteiger partial charge in [0, 0.05) is 33.9 Å². The number of hydrogen-bond acceptors (Lipinski definition) is 4. The molecule has 2 aromatic carbocycles. The molecule has 6 heteroatoms. The van der Waals surface area contributed by atoms with E-state index in [4.69, 9.17) is 16.0 Å². The van der Waals surface area contributed by atoms with Gasteiger partial charge in [0.05, 0.1) is 12.9 Å². The first-order chi connectivity index (χ1) is 12.3. The van der Waals surface area contributed by atoms with Crippen molar-refractivity contribution in [2.24, 2.45) is 5.16 Å². The molecule has 4 rings (SSSR count). The molecule has 0 saturated heterocycles. The van der Waals surface area contributed by atoms with Crippen LogP contribution in [0.5, 0.6) is 0 Å². The van der Waals surface area contributed by atoms with Crippen molar-refractivity contribution in [3.8, 4) is 0 Å². The van der Waals surface area contributed by atoms with Gasteiger partial charge in [0.2, 0.25) is 0 Å². The molecular formula is C19H14ClN3O2. The van der Waals surface area contributed by atoms with Crippen LogP contribution in [0.15, 0.2) is 76.8 Å². The van der Waals surface area contributed by atoms with Gasteiger partial charge < -0.3 is 14.2 Å². The molecular weight excluding hydrogens is 338 g/mol. The number of imidazole rings is 1. The molecule has 0 radical (unpaired) electrons. The summed E-state index contributed by atoms with van der Waals surface area (Å²) in [5, 5.41) is 14.7. The zero-order valence-corrected chi connectivity index (χ0v) is 13.9. The third-order valence-electron chi connectivity index (χ3n) is 4.03. The fourth-order valence-electron chi connectivity index (χ4n) is 2.85. The van der Waals surface area contributed by atoms with Crippen LogP contribution in [0.1, 0.15) is 16.9 Å². The predicted octanol–water partition coefficient (Wildman–Crippen LogP) is 4.56. The minimum absolute atomic E-state index is 0.364. The third kappa shape index (κ3) is 2.90. The zero-order chi connectivity index (χ0) is 17.2. The van der Waals surface area contributed by atoms with Gasteiger partial charge in [-0.15, -0.1) is 0 Å². The van der Waals surface area contributed by atoms with Gasteiger partial charge in [-0.25, -0.2) is 4.98 Å². The Morgan fingerprint density at radius 2 is 1.96 bits per heavy atom. The molecule has 0 aliphatic carbocycles. The minimum atomic E-state index is 0.364. The summed E-state index contributed by atoms with van der Waals surface area (Å²) in [7, 11) is 0. The molecule has 0 amide bonds. The van der Waals surface area contributed by atoms with Crippen LogP contribution < -0.4 is 0 Å². The van der Waals surface area contributed by atoms with E-state index in [1.807, 2.05) is 35.0 Å². The lowest BCUT2D eigenvalue weighted by molar-refractivity contribution is 0.318. The topological polar surface area (TPSA) is 63.6 Å². The Bertz CT molecular complexity index is 1030. The molecule has 0 fully saturated rings. The standard InChI is InChI=1S/C19H14ClN3O2/c20-14-7-5-13(6-8-14)18(22-24)19-16(11-23-10-9-21-12-23)15-3-1-2-4-17(15)25-19/h1-10,12,24H,11H2/b22-18+. The number of oxime groups is 1. The number of aromatic nitrogens is 2. The largest absolute Gasteiger partial charge is 0.454 e. The Labute approximate surface area is 148 Å². The van der Waals surface area contributed by atoms with E-state index in [1.165, 1.54) is 0 Å². The summed E-state index contributed by atoms with van der Waals surface area (Å²) in [6.07, 6.45) is 5.34. The first-order valence-corrected chi connectivity index (χ1v) is 8.08. The van der Waals surface area contributed by atoms with E-state index in [2.05, 4.69) is 10.1 Å². The van der Waals surface area contributed by atoms with E-state index in [1.54, 1.807) is 36.8 Å². The Balaban J connectivity index is 1.89. The summed E-state index contributed by atoms with van der Waals surface area (Å²) in [5.41, 5.74) is 2.75. The van der Waals surface area contributed by atoms with Crippen molar-refractivity contribution in [2.75, 3.05) is 0 Å². The van der Waals surface area contributed by atoms with Crippen molar-refractivity contribution in [1.82, 2.24) is 9.55 Å². The van der Waals surface area contributed by atoms with E-state index < -0.39 is 0 Å². The molecule has 2 aromatic heterocycles. The highest BCUT2D eigenvalue weighted by molar-refractivity contribution is 6.30. The van der Waals surface area contributed by atoms with Crippen LogP contribution in [-0.4, -0.2) is 20.5 Å². The number of furan rings is 1. The van der Waals surface area contributed by atoms with Gasteiger partial charge in [-0.05, 0) is 18.2 Å². The molecule has 0 atom stereocenters. The predicted molar refractivity (Wildman–Crippen MR) is 96.4 cm³/mol. The van der Waals surface area contributed by atoms with Crippen molar-refractivity contribution in [3.63, 3.8) is 0 Å². The van der Waals surface area contributed by atoms with E-state index in [9.17, 15) is 5.21 Å². The first kappa shape index (κ1) is 15.5. The summed E-state index contributed by atoms with van der Waals surface area (Å²) in [4.78, 5) is 4.08. The molecule has 5 nitrogen and oxygen atoms in total. The van der Waals surface area contributed by atoms with E-state index in [-0.39, 0.29) is 0 Å². The second-order valence-corrected chi connectivity index (χ2v) is 6.03. The number of halogens is 1. The third-order valence-corrected chi connectivity index (χ3v) is 4.28. The number of benzene rings is 2. The summed E-state index contributed by atoms with van der Waals surface area (Å²) in [6.45, 7) is 0.555. The van der Waals surface area contributed by atoms with Crippen LogP contribution in [0.3, 0.4) is 0 Å². The highest BCUT2D eigenvalue weighted by Crippen LogP contribution is 2.29. The van der Waals surface area contributed by atoms with Crippen LogP contribution in [0.4, 0.5) is 0 Å². The summed E-state index contributed by atoms with van der Waals surface area (Å²) >= 11 is 5.96. The second-order valence-electron chi connectivity index (χ2n) is 5.60. The average molecular weight is 352 g/mol. The van der Waals surface area contributed by atoms with Crippen molar-refractivity contribution < 1.29 is 9.62 Å². The van der Waals surface area contributed by atoms with Gasteiger partial charge in [0.15, 0.2) is 11.5 Å². The fraction of sp³-hybridized carbons (Fsp3) is 0.0526. The molecule has 2 heterocycles. The van der Waals surface area contributed by atoms with Gasteiger partial charge in [0.25, 0.3) is 0 Å². The van der Waals surface area contributed by atoms with Crippen molar-refractivity contribution >= 4 is 28.3 Å². The average Bonchev–Trinajstić information content (AvgIpc) is 3.27. The van der Waals surface area contributed by atoms with Gasteiger partial charge in [0.1, 0.15) is 5.58 Å². The number of fused-ring (bicyclic) bond motifs is 1. The second kappa shape index (κ2) is 6.45. The minimum Gasteiger partial charge on any atom is -0.454 e. The Morgan fingerprint density at radius 3 is 2.68 bits per heavy atom.